The van der Waals surface area contributed by atoms with Crippen LogP contribution in [0.3, 0.4) is 0 Å². The van der Waals surface area contributed by atoms with Crippen LogP contribution in [0, 0.1) is 5.41 Å². The fourth-order valence-electron chi connectivity index (χ4n) is 0.670. The zero-order valence-electron chi connectivity index (χ0n) is 6.19. The van der Waals surface area contributed by atoms with E-state index in [-0.39, 0.29) is 23.7 Å². The predicted octanol–water partition coefficient (Wildman–Crippen LogP) is -0.0355. The average molecular weight is 186 g/mol. The van der Waals surface area contributed by atoms with Crippen LogP contribution >= 0.6 is 12.4 Å². The summed E-state index contributed by atoms with van der Waals surface area (Å²) in [6, 6.07) is 0. The number of hydrogen-bond donors (Lipinski definition) is 3. The molecule has 0 saturated heterocycles. The Morgan fingerprint density at radius 1 is 1.50 bits per heavy atom. The molecule has 0 fully saturated rings. The molecule has 0 aromatic carbocycles. The summed E-state index contributed by atoms with van der Waals surface area (Å²) in [6.07, 6.45) is 2.65. The van der Waals surface area contributed by atoms with Crippen molar-refractivity contribution in [2.75, 3.05) is 0 Å². The largest absolute Gasteiger partial charge is 0.490 e. The fourth-order valence-corrected chi connectivity index (χ4v) is 0.670. The maximum atomic E-state index is 8.67. The summed E-state index contributed by atoms with van der Waals surface area (Å²) < 4.78 is 0. The number of rotatable bonds is 1. The molecule has 1 rings (SSSR count). The quantitative estimate of drug-likeness (QED) is 0.503. The number of nitrogens with one attached hydrogen (secondary N) is 1. The second-order valence-corrected chi connectivity index (χ2v) is 2.15. The fraction of sp³-hybridized carbons (Fsp3) is 0. The van der Waals surface area contributed by atoms with Gasteiger partial charge in [-0.1, -0.05) is 12.7 Å². The lowest BCUT2D eigenvalue weighted by atomic mass is 9.78. The Kier molecular flexibility index (Phi) is 3.89. The summed E-state index contributed by atoms with van der Waals surface area (Å²) in [6.45, 7) is 3.49. The molecular formula is C6H8BClN2O2. The van der Waals surface area contributed by atoms with Crippen molar-refractivity contribution in [2.24, 2.45) is 4.99 Å². The van der Waals surface area contributed by atoms with E-state index >= 15 is 0 Å². The first kappa shape index (κ1) is 11.1. The Labute approximate surface area is 76.4 Å². The minimum absolute atomic E-state index is 0. The van der Waals surface area contributed by atoms with Gasteiger partial charge < -0.3 is 10.0 Å². The van der Waals surface area contributed by atoms with Crippen LogP contribution in [0.4, 0.5) is 0 Å². The Bertz CT molecular complexity index is 273. The average Bonchev–Trinajstić information content (AvgIpc) is 1.94. The summed E-state index contributed by atoms with van der Waals surface area (Å²) in [7, 11) is -1.54. The van der Waals surface area contributed by atoms with Crippen molar-refractivity contribution >= 4 is 31.6 Å². The van der Waals surface area contributed by atoms with E-state index in [1.165, 1.54) is 12.3 Å². The molecule has 1 aliphatic rings. The smallest absolute Gasteiger partial charge is 0.423 e. The maximum absolute atomic E-state index is 8.67. The van der Waals surface area contributed by atoms with Gasteiger partial charge in [-0.15, -0.1) is 12.4 Å². The van der Waals surface area contributed by atoms with E-state index in [2.05, 4.69) is 11.6 Å². The van der Waals surface area contributed by atoms with Gasteiger partial charge in [0.2, 0.25) is 0 Å². The van der Waals surface area contributed by atoms with E-state index in [0.717, 1.165) is 0 Å². The monoisotopic (exact) mass is 186 g/mol. The van der Waals surface area contributed by atoms with Crippen LogP contribution in [0.15, 0.2) is 28.7 Å². The summed E-state index contributed by atoms with van der Waals surface area (Å²) in [5.41, 5.74) is 0.640. The highest BCUT2D eigenvalue weighted by molar-refractivity contribution is 6.57. The molecule has 0 aromatic rings. The molecule has 6 heteroatoms. The Hall–Kier alpha value is -0.905. The standard InChI is InChI=1S/C6H7BN2O2.ClH/c1-4-2-5(7(10)11)3-9-6(4)8;/h2-3,8,10-11H,1H2;1H. The van der Waals surface area contributed by atoms with Gasteiger partial charge in [0, 0.05) is 17.3 Å². The van der Waals surface area contributed by atoms with Gasteiger partial charge >= 0.3 is 7.12 Å². The van der Waals surface area contributed by atoms with Crippen molar-refractivity contribution in [1.82, 2.24) is 0 Å². The highest BCUT2D eigenvalue weighted by atomic mass is 35.5. The first-order valence-electron chi connectivity index (χ1n) is 3.01. The molecule has 0 aliphatic carbocycles. The molecule has 1 aliphatic heterocycles. The van der Waals surface area contributed by atoms with Gasteiger partial charge in [-0.2, -0.15) is 0 Å². The third-order valence-electron chi connectivity index (χ3n) is 1.29. The highest BCUT2D eigenvalue weighted by Gasteiger charge is 2.16. The van der Waals surface area contributed by atoms with Crippen molar-refractivity contribution in [2.45, 2.75) is 0 Å². The second-order valence-electron chi connectivity index (χ2n) is 2.15. The van der Waals surface area contributed by atoms with Gasteiger partial charge in [0.05, 0.1) is 0 Å². The number of dihydropyridines is 1. The van der Waals surface area contributed by atoms with Crippen LogP contribution in [0.25, 0.3) is 0 Å². The number of halogens is 1. The molecule has 0 spiro atoms. The molecule has 0 amide bonds. The lowest BCUT2D eigenvalue weighted by Gasteiger charge is -2.06. The normalized spacial score (nSPS) is 15.3. The molecule has 12 heavy (non-hydrogen) atoms. The minimum Gasteiger partial charge on any atom is -0.423 e. The Morgan fingerprint density at radius 2 is 2.08 bits per heavy atom. The molecule has 3 N–H and O–H groups in total. The van der Waals surface area contributed by atoms with Crippen LogP contribution in [0.1, 0.15) is 0 Å². The molecule has 0 unspecified atom stereocenters. The predicted molar refractivity (Wildman–Crippen MR) is 50.9 cm³/mol. The third-order valence-corrected chi connectivity index (χ3v) is 1.29. The number of nitrogens with zero attached hydrogens (tertiary/aromatic N) is 1. The first-order valence-corrected chi connectivity index (χ1v) is 3.01. The molecule has 64 valence electrons. The van der Waals surface area contributed by atoms with E-state index < -0.39 is 7.12 Å². The summed E-state index contributed by atoms with van der Waals surface area (Å²) in [5, 5.41) is 24.5. The first-order chi connectivity index (χ1) is 5.11. The SMILES string of the molecule is C=C1C=C(B(O)O)C=NC1=N.Cl. The molecule has 0 bridgehead atoms. The molecule has 0 radical (unpaired) electrons. The third kappa shape index (κ3) is 2.30. The molecule has 0 saturated carbocycles. The van der Waals surface area contributed by atoms with E-state index in [1.807, 2.05) is 0 Å². The van der Waals surface area contributed by atoms with Gasteiger partial charge in [0.1, 0.15) is 0 Å². The summed E-state index contributed by atoms with van der Waals surface area (Å²) in [5.74, 6) is 0.0504. The molecule has 0 atom stereocenters. The van der Waals surface area contributed by atoms with Gasteiger partial charge in [-0.25, -0.2) is 4.99 Å². The number of amidine groups is 1. The summed E-state index contributed by atoms with van der Waals surface area (Å²) in [4.78, 5) is 3.58. The van der Waals surface area contributed by atoms with Crippen molar-refractivity contribution < 1.29 is 10.0 Å². The molecule has 1 heterocycles. The van der Waals surface area contributed by atoms with Crippen molar-refractivity contribution in [3.05, 3.63) is 23.7 Å². The molecule has 0 aromatic heterocycles. The second kappa shape index (κ2) is 4.20. The minimum atomic E-state index is -1.54. The van der Waals surface area contributed by atoms with E-state index in [4.69, 9.17) is 15.5 Å². The van der Waals surface area contributed by atoms with Crippen LogP contribution in [0.5, 0.6) is 0 Å². The van der Waals surface area contributed by atoms with E-state index in [9.17, 15) is 0 Å². The number of allylic oxidation sites excluding steroid dienone is 1. The lowest BCUT2D eigenvalue weighted by molar-refractivity contribution is 0.422. The van der Waals surface area contributed by atoms with Crippen LogP contribution < -0.4 is 0 Å². The number of aliphatic imine (C=N–C) groups is 1. The van der Waals surface area contributed by atoms with Gasteiger partial charge in [0.25, 0.3) is 0 Å². The Morgan fingerprint density at radius 3 is 2.50 bits per heavy atom. The van der Waals surface area contributed by atoms with Crippen LogP contribution in [0.2, 0.25) is 0 Å². The van der Waals surface area contributed by atoms with Crippen molar-refractivity contribution in [1.29, 1.82) is 5.41 Å². The molecular weight excluding hydrogens is 178 g/mol. The Balaban J connectivity index is 0.00000121. The lowest BCUT2D eigenvalue weighted by Crippen LogP contribution is -2.19. The van der Waals surface area contributed by atoms with Crippen LogP contribution in [-0.4, -0.2) is 29.2 Å². The zero-order chi connectivity index (χ0) is 8.43. The van der Waals surface area contributed by atoms with Gasteiger partial charge in [0.15, 0.2) is 5.84 Å². The topological polar surface area (TPSA) is 76.7 Å². The van der Waals surface area contributed by atoms with E-state index in [1.54, 1.807) is 0 Å². The zero-order valence-corrected chi connectivity index (χ0v) is 7.01. The summed E-state index contributed by atoms with van der Waals surface area (Å²) >= 11 is 0. The highest BCUT2D eigenvalue weighted by Crippen LogP contribution is 2.07. The van der Waals surface area contributed by atoms with E-state index in [0.29, 0.717) is 5.57 Å². The van der Waals surface area contributed by atoms with Crippen molar-refractivity contribution in [3.63, 3.8) is 0 Å². The maximum Gasteiger partial charge on any atom is 0.490 e. The van der Waals surface area contributed by atoms with Gasteiger partial charge in [-0.3, -0.25) is 5.41 Å². The molecule has 4 nitrogen and oxygen atoms in total. The van der Waals surface area contributed by atoms with Crippen molar-refractivity contribution in [3.8, 4) is 0 Å². The number of hydrogen-bond acceptors (Lipinski definition) is 3. The van der Waals surface area contributed by atoms with Gasteiger partial charge in [-0.05, 0) is 0 Å². The van der Waals surface area contributed by atoms with Crippen LogP contribution in [-0.2, 0) is 0 Å².